The van der Waals surface area contributed by atoms with E-state index in [0.29, 0.717) is 5.56 Å². The van der Waals surface area contributed by atoms with Crippen molar-refractivity contribution in [3.8, 4) is 0 Å². The predicted molar refractivity (Wildman–Crippen MR) is 88.9 cm³/mol. The van der Waals surface area contributed by atoms with E-state index in [1.165, 1.54) is 12.1 Å². The summed E-state index contributed by atoms with van der Waals surface area (Å²) in [5.41, 5.74) is -2.14. The van der Waals surface area contributed by atoms with E-state index in [2.05, 4.69) is 22.4 Å². The average molecular weight is 359 g/mol. The second kappa shape index (κ2) is 7.45. The lowest BCUT2D eigenvalue weighted by atomic mass is 9.88. The Labute approximate surface area is 144 Å². The van der Waals surface area contributed by atoms with Crippen LogP contribution in [-0.2, 0) is 21.2 Å². The Kier molecular flexibility index (Phi) is 6.31. The molecule has 24 heavy (non-hydrogen) atoms. The van der Waals surface area contributed by atoms with E-state index in [1.54, 1.807) is 27.7 Å². The van der Waals surface area contributed by atoms with Crippen molar-refractivity contribution in [3.05, 3.63) is 35.4 Å². The first-order valence-electron chi connectivity index (χ1n) is 7.34. The van der Waals surface area contributed by atoms with Crippen LogP contribution in [0.4, 0.5) is 13.2 Å². The maximum absolute atomic E-state index is 12.9. The number of isothiocyanates is 1. The molecule has 0 aliphatic carbocycles. The van der Waals surface area contributed by atoms with Crippen LogP contribution in [0.2, 0.25) is 0 Å². The minimum atomic E-state index is -4.45. The van der Waals surface area contributed by atoms with Gasteiger partial charge >= 0.3 is 12.1 Å². The molecule has 0 aromatic heterocycles. The lowest BCUT2D eigenvalue weighted by molar-refractivity contribution is -0.153. The van der Waals surface area contributed by atoms with Crippen LogP contribution in [0.25, 0.3) is 0 Å². The van der Waals surface area contributed by atoms with Crippen molar-refractivity contribution < 1.29 is 22.7 Å². The molecule has 3 nitrogen and oxygen atoms in total. The smallest absolute Gasteiger partial charge is 0.416 e. The summed E-state index contributed by atoms with van der Waals surface area (Å²) < 4.78 is 43.9. The van der Waals surface area contributed by atoms with Crippen LogP contribution in [0, 0.1) is 5.41 Å². The number of aliphatic imine (C=N–C) groups is 1. The fourth-order valence-corrected chi connectivity index (χ4v) is 2.16. The molecule has 0 saturated carbocycles. The number of carbonyl (C=O) groups is 1. The Morgan fingerprint density at radius 2 is 1.79 bits per heavy atom. The summed E-state index contributed by atoms with van der Waals surface area (Å²) in [5.74, 6) is -0.389. The molecule has 1 aromatic rings. The van der Waals surface area contributed by atoms with E-state index in [0.717, 1.165) is 12.1 Å². The summed E-state index contributed by atoms with van der Waals surface area (Å²) in [6.07, 6.45) is -4.25. The number of alkyl halides is 3. The Bertz CT molecular complexity index is 646. The van der Waals surface area contributed by atoms with Crippen LogP contribution in [0.5, 0.6) is 0 Å². The number of benzene rings is 1. The molecular formula is C17H20F3NO2S. The monoisotopic (exact) mass is 359 g/mol. The van der Waals surface area contributed by atoms with Crippen LogP contribution in [-0.4, -0.2) is 17.7 Å². The number of nitrogens with zero attached hydrogens (tertiary/aromatic N) is 1. The fourth-order valence-electron chi connectivity index (χ4n) is 1.96. The molecule has 0 aliphatic rings. The normalized spacial score (nSPS) is 14.5. The zero-order valence-corrected chi connectivity index (χ0v) is 14.8. The van der Waals surface area contributed by atoms with Gasteiger partial charge < -0.3 is 4.74 Å². The van der Waals surface area contributed by atoms with E-state index in [1.807, 2.05) is 0 Å². The second-order valence-electron chi connectivity index (χ2n) is 6.69. The third-order valence-corrected chi connectivity index (χ3v) is 3.63. The molecule has 0 heterocycles. The third-order valence-electron chi connectivity index (χ3n) is 3.54. The lowest BCUT2D eigenvalue weighted by Crippen LogP contribution is -2.27. The molecule has 1 rings (SSSR count). The highest BCUT2D eigenvalue weighted by Gasteiger charge is 2.34. The number of esters is 1. The molecular weight excluding hydrogens is 339 g/mol. The summed E-state index contributed by atoms with van der Waals surface area (Å²) >= 11 is 4.62. The molecule has 0 saturated heterocycles. The fraction of sp³-hybridized carbons (Fsp3) is 0.529. The Balaban J connectivity index is 3.01. The molecule has 0 N–H and O–H groups in total. The highest BCUT2D eigenvalue weighted by Crippen LogP contribution is 2.35. The van der Waals surface area contributed by atoms with Gasteiger partial charge in [-0.05, 0) is 57.6 Å². The highest BCUT2D eigenvalue weighted by molar-refractivity contribution is 7.78. The van der Waals surface area contributed by atoms with Gasteiger partial charge in [0.25, 0.3) is 0 Å². The minimum Gasteiger partial charge on any atom is -0.465 e. The van der Waals surface area contributed by atoms with Crippen molar-refractivity contribution in [2.24, 2.45) is 10.4 Å². The number of halogens is 3. The van der Waals surface area contributed by atoms with Gasteiger partial charge in [0.1, 0.15) is 0 Å². The quantitative estimate of drug-likeness (QED) is 0.422. The van der Waals surface area contributed by atoms with Gasteiger partial charge in [-0.1, -0.05) is 12.1 Å². The number of thiocarbonyl (C=S) groups is 1. The maximum atomic E-state index is 12.9. The van der Waals surface area contributed by atoms with Crippen LogP contribution in [0.1, 0.15) is 45.2 Å². The average Bonchev–Trinajstić information content (AvgIpc) is 2.45. The van der Waals surface area contributed by atoms with Crippen LogP contribution in [0.15, 0.2) is 29.3 Å². The van der Waals surface area contributed by atoms with Crippen LogP contribution < -0.4 is 0 Å². The molecule has 0 bridgehead atoms. The number of hydrogen-bond donors (Lipinski definition) is 0. The van der Waals surface area contributed by atoms with Crippen molar-refractivity contribution >= 4 is 23.3 Å². The van der Waals surface area contributed by atoms with E-state index in [-0.39, 0.29) is 19.0 Å². The Morgan fingerprint density at radius 1 is 1.21 bits per heavy atom. The van der Waals surface area contributed by atoms with Gasteiger partial charge in [0.2, 0.25) is 0 Å². The first kappa shape index (κ1) is 20.3. The Hall–Kier alpha value is -1.72. The number of carbonyl (C=O) groups excluding carboxylic acids is 1. The first-order chi connectivity index (χ1) is 10.9. The molecule has 0 fully saturated rings. The van der Waals surface area contributed by atoms with Gasteiger partial charge in [-0.3, -0.25) is 4.79 Å². The molecule has 0 radical (unpaired) electrons. The van der Waals surface area contributed by atoms with Crippen molar-refractivity contribution in [3.63, 3.8) is 0 Å². The van der Waals surface area contributed by atoms with E-state index in [4.69, 9.17) is 4.74 Å². The van der Waals surface area contributed by atoms with Gasteiger partial charge in [-0.25, -0.2) is 4.99 Å². The maximum Gasteiger partial charge on any atom is 0.416 e. The predicted octanol–water partition coefficient (Wildman–Crippen LogP) is 5.00. The molecule has 132 valence electrons. The molecule has 0 spiro atoms. The molecule has 0 amide bonds. The van der Waals surface area contributed by atoms with Gasteiger partial charge in [-0.15, -0.1) is 0 Å². The van der Waals surface area contributed by atoms with E-state index in [9.17, 15) is 18.0 Å². The molecule has 0 aliphatic heterocycles. The topological polar surface area (TPSA) is 38.7 Å². The van der Waals surface area contributed by atoms with Gasteiger partial charge in [-0.2, -0.15) is 13.2 Å². The molecule has 1 atom stereocenters. The molecule has 7 heteroatoms. The zero-order valence-electron chi connectivity index (χ0n) is 14.0. The largest absolute Gasteiger partial charge is 0.465 e. The van der Waals surface area contributed by atoms with Gasteiger partial charge in [0, 0.05) is 6.42 Å². The Morgan fingerprint density at radius 3 is 2.29 bits per heavy atom. The SMILES string of the molecule is CC(C)(C)C(=O)OCCC(C)(N=C=S)c1cccc(C(F)(F)F)c1. The van der Waals surface area contributed by atoms with E-state index >= 15 is 0 Å². The third kappa shape index (κ3) is 5.42. The van der Waals surface area contributed by atoms with Crippen LogP contribution in [0.3, 0.4) is 0 Å². The number of rotatable bonds is 5. The summed E-state index contributed by atoms with van der Waals surface area (Å²) in [7, 11) is 0. The van der Waals surface area contributed by atoms with Crippen molar-refractivity contribution in [2.75, 3.05) is 6.61 Å². The summed E-state index contributed by atoms with van der Waals surface area (Å²) in [5, 5.41) is 2.22. The number of hydrogen-bond acceptors (Lipinski definition) is 4. The lowest BCUT2D eigenvalue weighted by Gasteiger charge is -2.26. The van der Waals surface area contributed by atoms with Gasteiger partial charge in [0.05, 0.1) is 28.3 Å². The van der Waals surface area contributed by atoms with Crippen LogP contribution >= 0.6 is 12.2 Å². The zero-order chi connectivity index (χ0) is 18.6. The van der Waals surface area contributed by atoms with Crippen molar-refractivity contribution in [1.29, 1.82) is 0 Å². The van der Waals surface area contributed by atoms with E-state index < -0.39 is 22.7 Å². The summed E-state index contributed by atoms with van der Waals surface area (Å²) in [6, 6.07) is 4.87. The van der Waals surface area contributed by atoms with Crippen molar-refractivity contribution in [2.45, 2.75) is 45.8 Å². The summed E-state index contributed by atoms with van der Waals surface area (Å²) in [4.78, 5) is 15.8. The minimum absolute atomic E-state index is 0.0172. The standard InChI is InChI=1S/C17H20F3NO2S/c1-15(2,3)14(22)23-9-8-16(4,21-11-24)12-6-5-7-13(10-12)17(18,19)20/h5-7,10H,8-9H2,1-4H3. The molecule has 1 unspecified atom stereocenters. The first-order valence-corrected chi connectivity index (χ1v) is 7.75. The van der Waals surface area contributed by atoms with Gasteiger partial charge in [0.15, 0.2) is 0 Å². The van der Waals surface area contributed by atoms with Crippen molar-refractivity contribution in [1.82, 2.24) is 0 Å². The highest BCUT2D eigenvalue weighted by atomic mass is 32.1. The second-order valence-corrected chi connectivity index (χ2v) is 6.87. The number of ether oxygens (including phenoxy) is 1. The summed E-state index contributed by atoms with van der Waals surface area (Å²) in [6.45, 7) is 6.81. The molecule has 1 aromatic carbocycles.